The number of aromatic nitrogens is 2. The van der Waals surface area contributed by atoms with Crippen LogP contribution in [0.15, 0.2) is 52.1 Å². The summed E-state index contributed by atoms with van der Waals surface area (Å²) in [5.74, 6) is 0.269. The van der Waals surface area contributed by atoms with Crippen LogP contribution in [-0.2, 0) is 0 Å². The fourth-order valence-electron chi connectivity index (χ4n) is 1.93. The molecule has 0 saturated carbocycles. The number of halogens is 3. The quantitative estimate of drug-likeness (QED) is 0.408. The van der Waals surface area contributed by atoms with E-state index in [1.54, 1.807) is 24.3 Å². The molecule has 0 amide bonds. The number of hydrogen-bond donors (Lipinski definition) is 0. The summed E-state index contributed by atoms with van der Waals surface area (Å²) in [6, 6.07) is 11.9. The van der Waals surface area contributed by atoms with Crippen LogP contribution in [0.3, 0.4) is 0 Å². The van der Waals surface area contributed by atoms with Crippen LogP contribution < -0.4 is 0 Å². The average Bonchev–Trinajstić information content (AvgIpc) is 3.02. The molecular formula is C16H9Cl3N2O2S. The SMILES string of the molecule is O=C(CSc1nnc(-c2ccccc2Cl)o1)c1ccc(Cl)cc1Cl. The van der Waals surface area contributed by atoms with Crippen molar-refractivity contribution in [3.05, 3.63) is 63.1 Å². The van der Waals surface area contributed by atoms with Gasteiger partial charge in [-0.15, -0.1) is 10.2 Å². The third kappa shape index (κ3) is 3.92. The Labute approximate surface area is 157 Å². The minimum atomic E-state index is -0.154. The van der Waals surface area contributed by atoms with E-state index < -0.39 is 0 Å². The first kappa shape index (κ1) is 17.3. The van der Waals surface area contributed by atoms with Crippen molar-refractivity contribution in [1.29, 1.82) is 0 Å². The van der Waals surface area contributed by atoms with Crippen LogP contribution in [0.5, 0.6) is 0 Å². The highest BCUT2D eigenvalue weighted by Crippen LogP contribution is 2.29. The third-order valence-corrected chi connectivity index (χ3v) is 4.76. The lowest BCUT2D eigenvalue weighted by Gasteiger charge is -2.02. The fraction of sp³-hybridized carbons (Fsp3) is 0.0625. The largest absolute Gasteiger partial charge is 0.411 e. The Hall–Kier alpha value is -1.53. The van der Waals surface area contributed by atoms with Crippen LogP contribution in [-0.4, -0.2) is 21.7 Å². The Bertz CT molecular complexity index is 899. The molecule has 0 saturated heterocycles. The maximum atomic E-state index is 12.2. The van der Waals surface area contributed by atoms with E-state index in [4.69, 9.17) is 39.2 Å². The predicted octanol–water partition coefficient (Wildman–Crippen LogP) is 5.67. The first-order valence-corrected chi connectivity index (χ1v) is 8.86. The molecule has 2 aromatic carbocycles. The highest BCUT2D eigenvalue weighted by atomic mass is 35.5. The molecule has 8 heteroatoms. The van der Waals surface area contributed by atoms with Crippen molar-refractivity contribution < 1.29 is 9.21 Å². The third-order valence-electron chi connectivity index (χ3n) is 3.07. The zero-order valence-electron chi connectivity index (χ0n) is 12.0. The number of carbonyl (C=O) groups is 1. The van der Waals surface area contributed by atoms with Gasteiger partial charge in [-0.1, -0.05) is 58.7 Å². The van der Waals surface area contributed by atoms with Gasteiger partial charge in [-0.2, -0.15) is 0 Å². The molecule has 122 valence electrons. The van der Waals surface area contributed by atoms with Crippen molar-refractivity contribution in [2.45, 2.75) is 5.22 Å². The van der Waals surface area contributed by atoms with E-state index in [1.165, 1.54) is 6.07 Å². The van der Waals surface area contributed by atoms with Gasteiger partial charge in [-0.25, -0.2) is 0 Å². The molecule has 0 N–H and O–H groups in total. The van der Waals surface area contributed by atoms with Gasteiger partial charge < -0.3 is 4.42 Å². The molecule has 24 heavy (non-hydrogen) atoms. The summed E-state index contributed by atoms with van der Waals surface area (Å²) in [7, 11) is 0. The second-order valence-electron chi connectivity index (χ2n) is 4.69. The maximum Gasteiger partial charge on any atom is 0.277 e. The van der Waals surface area contributed by atoms with Gasteiger partial charge in [0.15, 0.2) is 5.78 Å². The van der Waals surface area contributed by atoms with Gasteiger partial charge in [0.25, 0.3) is 5.22 Å². The summed E-state index contributed by atoms with van der Waals surface area (Å²) in [5.41, 5.74) is 1.05. The summed E-state index contributed by atoms with van der Waals surface area (Å²) in [5, 5.41) is 9.46. The zero-order chi connectivity index (χ0) is 17.1. The lowest BCUT2D eigenvalue weighted by Crippen LogP contribution is -2.03. The van der Waals surface area contributed by atoms with Gasteiger partial charge in [0.05, 0.1) is 21.4 Å². The zero-order valence-corrected chi connectivity index (χ0v) is 15.1. The van der Waals surface area contributed by atoms with Crippen LogP contribution in [0, 0.1) is 0 Å². The van der Waals surface area contributed by atoms with E-state index in [2.05, 4.69) is 10.2 Å². The number of nitrogens with zero attached hydrogens (tertiary/aromatic N) is 2. The molecule has 0 aliphatic rings. The number of carbonyl (C=O) groups excluding carboxylic acids is 1. The Morgan fingerprint density at radius 3 is 2.58 bits per heavy atom. The molecule has 0 radical (unpaired) electrons. The maximum absolute atomic E-state index is 12.2. The van der Waals surface area contributed by atoms with Gasteiger partial charge >= 0.3 is 0 Å². The summed E-state index contributed by atoms with van der Waals surface area (Å²) >= 11 is 19.1. The molecule has 1 heterocycles. The van der Waals surface area contributed by atoms with E-state index in [0.29, 0.717) is 32.1 Å². The smallest absolute Gasteiger partial charge is 0.277 e. The lowest BCUT2D eigenvalue weighted by molar-refractivity contribution is 0.102. The summed E-state index contributed by atoms with van der Waals surface area (Å²) in [6.45, 7) is 0. The molecule has 0 atom stereocenters. The second-order valence-corrected chi connectivity index (χ2v) is 6.87. The number of thioether (sulfide) groups is 1. The van der Waals surface area contributed by atoms with Gasteiger partial charge in [0.2, 0.25) is 5.89 Å². The number of rotatable bonds is 5. The molecule has 0 aliphatic heterocycles. The van der Waals surface area contributed by atoms with E-state index in [1.807, 2.05) is 12.1 Å². The topological polar surface area (TPSA) is 56.0 Å². The predicted molar refractivity (Wildman–Crippen MR) is 96.3 cm³/mol. The molecule has 4 nitrogen and oxygen atoms in total. The van der Waals surface area contributed by atoms with Crippen LogP contribution in [0.25, 0.3) is 11.5 Å². The molecule has 0 spiro atoms. The number of benzene rings is 2. The van der Waals surface area contributed by atoms with Gasteiger partial charge in [0, 0.05) is 10.6 Å². The monoisotopic (exact) mass is 398 g/mol. The van der Waals surface area contributed by atoms with Crippen LogP contribution in [0.4, 0.5) is 0 Å². The molecule has 3 rings (SSSR count). The van der Waals surface area contributed by atoms with Crippen molar-refractivity contribution >= 4 is 52.3 Å². The highest BCUT2D eigenvalue weighted by Gasteiger charge is 2.15. The molecule has 0 unspecified atom stereocenters. The van der Waals surface area contributed by atoms with Crippen molar-refractivity contribution in [3.8, 4) is 11.5 Å². The standard InChI is InChI=1S/C16H9Cl3N2O2S/c17-9-5-6-10(13(19)7-9)14(22)8-24-16-21-20-15(23-16)11-3-1-2-4-12(11)18/h1-7H,8H2. The first-order chi connectivity index (χ1) is 11.5. The Morgan fingerprint density at radius 2 is 1.83 bits per heavy atom. The van der Waals surface area contributed by atoms with Gasteiger partial charge in [-0.3, -0.25) is 4.79 Å². The Morgan fingerprint density at radius 1 is 1.04 bits per heavy atom. The second kappa shape index (κ2) is 7.57. The van der Waals surface area contributed by atoms with Crippen LogP contribution in [0.1, 0.15) is 10.4 Å². The summed E-state index contributed by atoms with van der Waals surface area (Å²) in [4.78, 5) is 12.2. The summed E-state index contributed by atoms with van der Waals surface area (Å²) < 4.78 is 5.54. The van der Waals surface area contributed by atoms with Crippen molar-refractivity contribution in [1.82, 2.24) is 10.2 Å². The molecule has 0 fully saturated rings. The normalized spacial score (nSPS) is 10.8. The Kier molecular flexibility index (Phi) is 5.46. The molecular weight excluding hydrogens is 391 g/mol. The molecule has 3 aromatic rings. The fourth-order valence-corrected chi connectivity index (χ4v) is 3.31. The number of Topliss-reactive ketones (excluding diaryl/α,β-unsaturated/α-hetero) is 1. The van der Waals surface area contributed by atoms with Gasteiger partial charge in [-0.05, 0) is 30.3 Å². The Balaban J connectivity index is 1.69. The summed E-state index contributed by atoms with van der Waals surface area (Å²) in [6.07, 6.45) is 0. The van der Waals surface area contributed by atoms with Gasteiger partial charge in [0.1, 0.15) is 0 Å². The number of ketones is 1. The van der Waals surface area contributed by atoms with Crippen LogP contribution in [0.2, 0.25) is 15.1 Å². The lowest BCUT2D eigenvalue weighted by atomic mass is 10.1. The van der Waals surface area contributed by atoms with E-state index in [0.717, 1.165) is 11.8 Å². The van der Waals surface area contributed by atoms with Crippen molar-refractivity contribution in [2.24, 2.45) is 0 Å². The molecule has 0 aliphatic carbocycles. The van der Waals surface area contributed by atoms with E-state index in [9.17, 15) is 4.79 Å². The van der Waals surface area contributed by atoms with Crippen molar-refractivity contribution in [3.63, 3.8) is 0 Å². The minimum Gasteiger partial charge on any atom is -0.411 e. The molecule has 0 bridgehead atoms. The van der Waals surface area contributed by atoms with E-state index in [-0.39, 0.29) is 16.8 Å². The number of hydrogen-bond acceptors (Lipinski definition) is 5. The molecule has 1 aromatic heterocycles. The highest BCUT2D eigenvalue weighted by molar-refractivity contribution is 7.99. The van der Waals surface area contributed by atoms with E-state index >= 15 is 0 Å². The minimum absolute atomic E-state index is 0.117. The average molecular weight is 400 g/mol. The van der Waals surface area contributed by atoms with Crippen molar-refractivity contribution in [2.75, 3.05) is 5.75 Å². The first-order valence-electron chi connectivity index (χ1n) is 6.74. The van der Waals surface area contributed by atoms with Crippen LogP contribution >= 0.6 is 46.6 Å².